The molecule has 1 unspecified atom stereocenters. The van der Waals surface area contributed by atoms with Gasteiger partial charge < -0.3 is 4.74 Å². The molecule has 1 fully saturated rings. The summed E-state index contributed by atoms with van der Waals surface area (Å²) in [6.45, 7) is 8.78. The molecule has 1 aromatic rings. The Labute approximate surface area is 146 Å². The molecule has 25 heavy (non-hydrogen) atoms. The SMILES string of the molecule is C=C(CF)N=NN(C)CC1CN(c2ccc(C)c(F)c2)C(=O)O1.CC. The second kappa shape index (κ2) is 9.71. The first-order chi connectivity index (χ1) is 11.9. The third-order valence-electron chi connectivity index (χ3n) is 3.30. The van der Waals surface area contributed by atoms with Gasteiger partial charge >= 0.3 is 6.09 Å². The predicted molar refractivity (Wildman–Crippen MR) is 92.7 cm³/mol. The Balaban J connectivity index is 0.00000151. The first kappa shape index (κ1) is 20.5. The van der Waals surface area contributed by atoms with Crippen molar-refractivity contribution in [2.45, 2.75) is 26.9 Å². The molecule has 0 aliphatic carbocycles. The van der Waals surface area contributed by atoms with Crippen LogP contribution in [0.2, 0.25) is 0 Å². The second-order valence-electron chi connectivity index (χ2n) is 5.28. The van der Waals surface area contributed by atoms with Crippen molar-refractivity contribution in [1.82, 2.24) is 5.01 Å². The number of anilines is 1. The summed E-state index contributed by atoms with van der Waals surface area (Å²) in [5, 5.41) is 8.76. The molecule has 138 valence electrons. The fraction of sp³-hybridized carbons (Fsp3) is 0.471. The van der Waals surface area contributed by atoms with E-state index >= 15 is 0 Å². The van der Waals surface area contributed by atoms with Crippen molar-refractivity contribution in [2.24, 2.45) is 10.3 Å². The van der Waals surface area contributed by atoms with E-state index < -0.39 is 18.9 Å². The Morgan fingerprint density at radius 2 is 2.16 bits per heavy atom. The number of hydrogen-bond donors (Lipinski definition) is 0. The fourth-order valence-electron chi connectivity index (χ4n) is 2.07. The average Bonchev–Trinajstić information content (AvgIpc) is 2.97. The van der Waals surface area contributed by atoms with E-state index in [-0.39, 0.29) is 24.6 Å². The van der Waals surface area contributed by atoms with Gasteiger partial charge in [0.25, 0.3) is 0 Å². The standard InChI is InChI=1S/C15H18F2N4O2.C2H6/c1-10-4-5-12(6-14(10)17)21-9-13(23-15(21)22)8-20(3)19-18-11(2)7-16;1-2/h4-6,13H,2,7-9H2,1,3H3;1-2H3. The average molecular weight is 354 g/mol. The maximum Gasteiger partial charge on any atom is 0.414 e. The molecule has 0 aromatic heterocycles. The summed E-state index contributed by atoms with van der Waals surface area (Å²) in [6.07, 6.45) is -0.994. The zero-order valence-corrected chi connectivity index (χ0v) is 15.0. The number of hydrogen-bond acceptors (Lipinski definition) is 4. The number of amides is 1. The molecule has 1 amide bonds. The molecule has 0 N–H and O–H groups in total. The normalized spacial score (nSPS) is 16.5. The van der Waals surface area contributed by atoms with Crippen molar-refractivity contribution in [3.8, 4) is 0 Å². The topological polar surface area (TPSA) is 57.5 Å². The van der Waals surface area contributed by atoms with Gasteiger partial charge in [0.05, 0.1) is 24.5 Å². The van der Waals surface area contributed by atoms with Gasteiger partial charge in [0, 0.05) is 7.05 Å². The van der Waals surface area contributed by atoms with Crippen molar-refractivity contribution < 1.29 is 18.3 Å². The van der Waals surface area contributed by atoms with Gasteiger partial charge in [-0.1, -0.05) is 31.7 Å². The lowest BCUT2D eigenvalue weighted by atomic mass is 10.2. The Kier molecular flexibility index (Phi) is 7.97. The number of nitrogens with zero attached hydrogens (tertiary/aromatic N) is 4. The molecule has 1 heterocycles. The smallest absolute Gasteiger partial charge is 0.414 e. The number of carbonyl (C=O) groups is 1. The minimum absolute atomic E-state index is 0.0111. The molecule has 2 rings (SSSR count). The molecule has 8 heteroatoms. The molecule has 1 aliphatic heterocycles. The zero-order chi connectivity index (χ0) is 19.0. The van der Waals surface area contributed by atoms with Crippen molar-refractivity contribution >= 4 is 11.8 Å². The molecule has 0 saturated carbocycles. The number of alkyl halides is 1. The van der Waals surface area contributed by atoms with E-state index in [0.717, 1.165) is 0 Å². The van der Waals surface area contributed by atoms with Crippen LogP contribution in [0.4, 0.5) is 19.3 Å². The van der Waals surface area contributed by atoms with Crippen LogP contribution in [-0.2, 0) is 4.74 Å². The summed E-state index contributed by atoms with van der Waals surface area (Å²) in [7, 11) is 1.62. The molecule has 1 atom stereocenters. The zero-order valence-electron chi connectivity index (χ0n) is 15.0. The van der Waals surface area contributed by atoms with E-state index in [1.165, 1.54) is 16.0 Å². The molecule has 0 radical (unpaired) electrons. The third-order valence-corrected chi connectivity index (χ3v) is 3.30. The van der Waals surface area contributed by atoms with Crippen LogP contribution in [0.25, 0.3) is 0 Å². The number of likely N-dealkylation sites (N-methyl/N-ethyl adjacent to an activating group) is 1. The van der Waals surface area contributed by atoms with E-state index in [1.54, 1.807) is 26.1 Å². The van der Waals surface area contributed by atoms with Gasteiger partial charge in [0.15, 0.2) is 0 Å². The summed E-state index contributed by atoms with van der Waals surface area (Å²) in [5.74, 6) is -0.380. The lowest BCUT2D eigenvalue weighted by Crippen LogP contribution is -2.29. The van der Waals surface area contributed by atoms with Crippen molar-refractivity contribution in [2.75, 3.05) is 31.7 Å². The number of benzene rings is 1. The monoisotopic (exact) mass is 354 g/mol. The number of carbonyl (C=O) groups excluding carboxylic acids is 1. The number of rotatable bonds is 6. The van der Waals surface area contributed by atoms with Crippen LogP contribution >= 0.6 is 0 Å². The van der Waals surface area contributed by atoms with E-state index in [9.17, 15) is 13.6 Å². The van der Waals surface area contributed by atoms with Crippen LogP contribution in [0.15, 0.2) is 40.8 Å². The van der Waals surface area contributed by atoms with Gasteiger partial charge in [-0.05, 0) is 24.6 Å². The minimum atomic E-state index is -0.775. The Morgan fingerprint density at radius 3 is 2.76 bits per heavy atom. The summed E-state index contributed by atoms with van der Waals surface area (Å²) < 4.78 is 31.1. The molecular formula is C17H24F2N4O2. The fourth-order valence-corrected chi connectivity index (χ4v) is 2.07. The number of halogens is 2. The van der Waals surface area contributed by atoms with Crippen molar-refractivity contribution in [1.29, 1.82) is 0 Å². The Bertz CT molecular complexity index is 637. The highest BCUT2D eigenvalue weighted by Gasteiger charge is 2.33. The maximum atomic E-state index is 13.6. The quantitative estimate of drug-likeness (QED) is 0.566. The summed E-state index contributed by atoms with van der Waals surface area (Å²) in [4.78, 5) is 13.3. The van der Waals surface area contributed by atoms with E-state index in [1.807, 2.05) is 13.8 Å². The lowest BCUT2D eigenvalue weighted by molar-refractivity contribution is 0.115. The molecule has 0 spiro atoms. The van der Waals surface area contributed by atoms with Crippen LogP contribution in [0.5, 0.6) is 0 Å². The van der Waals surface area contributed by atoms with Gasteiger partial charge in [-0.25, -0.2) is 13.6 Å². The summed E-state index contributed by atoms with van der Waals surface area (Å²) in [6, 6.07) is 4.57. The van der Waals surface area contributed by atoms with Crippen LogP contribution in [0.1, 0.15) is 19.4 Å². The predicted octanol–water partition coefficient (Wildman–Crippen LogP) is 4.27. The molecule has 6 nitrogen and oxygen atoms in total. The molecule has 1 aliphatic rings. The Morgan fingerprint density at radius 1 is 1.48 bits per heavy atom. The van der Waals surface area contributed by atoms with Crippen molar-refractivity contribution in [3.63, 3.8) is 0 Å². The van der Waals surface area contributed by atoms with Gasteiger partial charge in [-0.2, -0.15) is 0 Å². The summed E-state index contributed by atoms with van der Waals surface area (Å²) in [5.41, 5.74) is 0.957. The highest BCUT2D eigenvalue weighted by molar-refractivity contribution is 5.89. The van der Waals surface area contributed by atoms with E-state index in [0.29, 0.717) is 11.3 Å². The molecular weight excluding hydrogens is 330 g/mol. The molecule has 0 bridgehead atoms. The maximum absolute atomic E-state index is 13.6. The third kappa shape index (κ3) is 5.81. The number of aryl methyl sites for hydroxylation is 1. The largest absolute Gasteiger partial charge is 0.442 e. The van der Waals surface area contributed by atoms with Gasteiger partial charge in [-0.3, -0.25) is 9.91 Å². The lowest BCUT2D eigenvalue weighted by Gasteiger charge is -2.16. The molecule has 1 saturated heterocycles. The first-order valence-electron chi connectivity index (χ1n) is 8.01. The summed E-state index contributed by atoms with van der Waals surface area (Å²) >= 11 is 0. The van der Waals surface area contributed by atoms with Crippen molar-refractivity contribution in [3.05, 3.63) is 41.9 Å². The first-order valence-corrected chi connectivity index (χ1v) is 8.01. The van der Waals surface area contributed by atoms with Crippen LogP contribution in [0, 0.1) is 12.7 Å². The minimum Gasteiger partial charge on any atom is -0.442 e. The highest BCUT2D eigenvalue weighted by Crippen LogP contribution is 2.24. The van der Waals surface area contributed by atoms with Crippen LogP contribution < -0.4 is 4.90 Å². The molecule has 1 aromatic carbocycles. The Hall–Kier alpha value is -2.51. The number of ether oxygens (including phenoxy) is 1. The van der Waals surface area contributed by atoms with E-state index in [2.05, 4.69) is 16.9 Å². The van der Waals surface area contributed by atoms with Gasteiger partial charge in [-0.15, -0.1) is 5.11 Å². The number of allylic oxidation sites excluding steroid dienone is 1. The highest BCUT2D eigenvalue weighted by atomic mass is 19.1. The van der Waals surface area contributed by atoms with Gasteiger partial charge in [0.2, 0.25) is 0 Å². The van der Waals surface area contributed by atoms with Gasteiger partial charge in [0.1, 0.15) is 18.6 Å². The number of cyclic esters (lactones) is 1. The second-order valence-corrected chi connectivity index (χ2v) is 5.28. The van der Waals surface area contributed by atoms with Crippen LogP contribution in [-0.4, -0.2) is 44.0 Å². The van der Waals surface area contributed by atoms with Crippen LogP contribution in [0.3, 0.4) is 0 Å². The van der Waals surface area contributed by atoms with E-state index in [4.69, 9.17) is 4.74 Å².